The van der Waals surface area contributed by atoms with Crippen LogP contribution in [-0.2, 0) is 0 Å². The molecule has 0 fully saturated rings. The number of rotatable bonds is 4. The number of hydrogen-bond donors (Lipinski definition) is 2. The van der Waals surface area contributed by atoms with Crippen LogP contribution in [0.25, 0.3) is 0 Å². The molecule has 0 radical (unpaired) electrons. The van der Waals surface area contributed by atoms with Crippen molar-refractivity contribution in [1.82, 2.24) is 5.32 Å². The molecule has 152 valence electrons. The van der Waals surface area contributed by atoms with Crippen LogP contribution in [-0.4, -0.2) is 11.9 Å². The lowest BCUT2D eigenvalue weighted by Crippen LogP contribution is -2.35. The Balaban J connectivity index is 1.67. The van der Waals surface area contributed by atoms with Crippen molar-refractivity contribution in [1.29, 1.82) is 0 Å². The highest BCUT2D eigenvalue weighted by Gasteiger charge is 2.19. The van der Waals surface area contributed by atoms with Crippen LogP contribution in [0.2, 0.25) is 5.02 Å². The van der Waals surface area contributed by atoms with Gasteiger partial charge in [0.2, 0.25) is 0 Å². The smallest absolute Gasteiger partial charge is 0.307 e. The largest absolute Gasteiger partial charge is 0.326 e. The van der Waals surface area contributed by atoms with E-state index in [9.17, 15) is 18.4 Å². The van der Waals surface area contributed by atoms with Gasteiger partial charge in [0, 0.05) is 10.7 Å². The fraction of sp³-hybridized carbons (Fsp3) is 0.0476. The number of azo groups is 1. The molecule has 3 rings (SSSR count). The molecule has 0 heterocycles. The number of nitrogens with zero attached hydrogens (tertiary/aromatic N) is 2. The fourth-order valence-electron chi connectivity index (χ4n) is 2.54. The first-order valence-corrected chi connectivity index (χ1v) is 9.05. The summed E-state index contributed by atoms with van der Waals surface area (Å²) in [5.41, 5.74) is 1.30. The first-order chi connectivity index (χ1) is 14.3. The summed E-state index contributed by atoms with van der Waals surface area (Å²) in [5.74, 6) is -3.32. The van der Waals surface area contributed by atoms with Crippen molar-refractivity contribution in [3.05, 3.63) is 88.4 Å². The number of urea groups is 1. The third-order valence-electron chi connectivity index (χ3n) is 3.96. The van der Waals surface area contributed by atoms with Crippen LogP contribution in [0.5, 0.6) is 0 Å². The molecule has 30 heavy (non-hydrogen) atoms. The zero-order chi connectivity index (χ0) is 21.7. The Labute approximate surface area is 175 Å². The summed E-state index contributed by atoms with van der Waals surface area (Å²) in [4.78, 5) is 24.0. The number of benzene rings is 3. The highest BCUT2D eigenvalue weighted by molar-refractivity contribution is 6.30. The van der Waals surface area contributed by atoms with Gasteiger partial charge < -0.3 is 5.32 Å². The van der Waals surface area contributed by atoms with E-state index in [1.807, 2.05) is 5.32 Å². The second-order valence-electron chi connectivity index (χ2n) is 6.18. The van der Waals surface area contributed by atoms with Crippen LogP contribution in [0, 0.1) is 18.6 Å². The van der Waals surface area contributed by atoms with Gasteiger partial charge in [-0.2, -0.15) is 10.2 Å². The minimum absolute atomic E-state index is 0.385. The summed E-state index contributed by atoms with van der Waals surface area (Å²) in [6, 6.07) is 13.8. The normalized spacial score (nSPS) is 10.8. The minimum atomic E-state index is -1.19. The topological polar surface area (TPSA) is 82.9 Å². The zero-order valence-corrected chi connectivity index (χ0v) is 16.4. The molecule has 3 amide bonds. The number of hydrogen-bond acceptors (Lipinski definition) is 4. The maximum absolute atomic E-state index is 13.6. The van der Waals surface area contributed by atoms with Gasteiger partial charge in [0.25, 0.3) is 5.91 Å². The molecule has 2 N–H and O–H groups in total. The Bertz CT molecular complexity index is 1130. The quantitative estimate of drug-likeness (QED) is 0.478. The van der Waals surface area contributed by atoms with Gasteiger partial charge in [0.1, 0.15) is 17.2 Å². The van der Waals surface area contributed by atoms with Gasteiger partial charge >= 0.3 is 6.03 Å². The van der Waals surface area contributed by atoms with Gasteiger partial charge in [0.05, 0.1) is 11.4 Å². The molecule has 3 aromatic rings. The first-order valence-electron chi connectivity index (χ1n) is 8.68. The number of carbonyl (C=O) groups excluding carboxylic acids is 2. The molecule has 0 aliphatic rings. The predicted molar refractivity (Wildman–Crippen MR) is 110 cm³/mol. The third-order valence-corrected chi connectivity index (χ3v) is 4.20. The van der Waals surface area contributed by atoms with E-state index in [-0.39, 0.29) is 0 Å². The predicted octanol–water partition coefficient (Wildman–Crippen LogP) is 6.30. The van der Waals surface area contributed by atoms with E-state index >= 15 is 0 Å². The Morgan fingerprint density at radius 3 is 2.17 bits per heavy atom. The minimum Gasteiger partial charge on any atom is -0.307 e. The summed E-state index contributed by atoms with van der Waals surface area (Å²) in [7, 11) is 0. The van der Waals surface area contributed by atoms with Crippen molar-refractivity contribution < 1.29 is 18.4 Å². The number of halogens is 3. The third kappa shape index (κ3) is 5.24. The van der Waals surface area contributed by atoms with Crippen LogP contribution in [0.4, 0.5) is 30.6 Å². The fourth-order valence-corrected chi connectivity index (χ4v) is 2.72. The summed E-state index contributed by atoms with van der Waals surface area (Å²) in [5, 5.41) is 13.1. The van der Waals surface area contributed by atoms with Gasteiger partial charge in [-0.25, -0.2) is 13.6 Å². The molecular weight excluding hydrogens is 414 g/mol. The SMILES string of the molecule is Cc1cc(/N=N/c2cccc(Cl)c2)ccc1NC(=O)NC(=O)c1c(F)cccc1F. The van der Waals surface area contributed by atoms with Crippen molar-refractivity contribution >= 4 is 40.6 Å². The molecule has 0 saturated carbocycles. The van der Waals surface area contributed by atoms with E-state index in [4.69, 9.17) is 11.6 Å². The molecular formula is C21H15ClF2N4O2. The number of aryl methyl sites for hydroxylation is 1. The lowest BCUT2D eigenvalue weighted by Gasteiger charge is -2.10. The molecule has 0 aliphatic heterocycles. The van der Waals surface area contributed by atoms with E-state index in [2.05, 4.69) is 15.5 Å². The maximum atomic E-state index is 13.6. The van der Waals surface area contributed by atoms with Crippen molar-refractivity contribution in [2.75, 3.05) is 5.32 Å². The van der Waals surface area contributed by atoms with Crippen molar-refractivity contribution in [3.63, 3.8) is 0 Å². The molecule has 0 aromatic heterocycles. The van der Waals surface area contributed by atoms with E-state index in [0.717, 1.165) is 18.2 Å². The molecule has 3 aromatic carbocycles. The standard InChI is InChI=1S/C21H15ClF2N4O2/c1-12-10-15(28-27-14-5-2-4-13(22)11-14)8-9-18(12)25-21(30)26-20(29)19-16(23)6-3-7-17(19)24/h2-11H,1H3,(H2,25,26,29,30)/b28-27+. The molecule has 0 spiro atoms. The van der Waals surface area contributed by atoms with Gasteiger partial charge in [0.15, 0.2) is 0 Å². The number of imide groups is 1. The second kappa shape index (κ2) is 9.23. The Kier molecular flexibility index (Phi) is 6.48. The number of carbonyl (C=O) groups is 2. The molecule has 0 bridgehead atoms. The average molecular weight is 429 g/mol. The molecule has 6 nitrogen and oxygen atoms in total. The summed E-state index contributed by atoms with van der Waals surface area (Å²) < 4.78 is 27.3. The molecule has 9 heteroatoms. The summed E-state index contributed by atoms with van der Waals surface area (Å²) >= 11 is 5.90. The highest BCUT2D eigenvalue weighted by Crippen LogP contribution is 2.25. The van der Waals surface area contributed by atoms with Crippen LogP contribution < -0.4 is 10.6 Å². The number of nitrogens with one attached hydrogen (secondary N) is 2. The van der Waals surface area contributed by atoms with Gasteiger partial charge in [-0.05, 0) is 61.0 Å². The highest BCUT2D eigenvalue weighted by atomic mass is 35.5. The molecule has 0 atom stereocenters. The van der Waals surface area contributed by atoms with Gasteiger partial charge in [-0.15, -0.1) is 0 Å². The monoisotopic (exact) mass is 428 g/mol. The number of amides is 3. The van der Waals surface area contributed by atoms with E-state index in [1.54, 1.807) is 49.4 Å². The van der Waals surface area contributed by atoms with Crippen LogP contribution in [0.15, 0.2) is 70.9 Å². The lowest BCUT2D eigenvalue weighted by atomic mass is 10.2. The average Bonchev–Trinajstić information content (AvgIpc) is 2.68. The first kappa shape index (κ1) is 21.1. The van der Waals surface area contributed by atoms with E-state index in [1.165, 1.54) is 0 Å². The molecule has 0 saturated heterocycles. The molecule has 0 unspecified atom stereocenters. The Morgan fingerprint density at radius 1 is 0.900 bits per heavy atom. The van der Waals surface area contributed by atoms with Crippen LogP contribution in [0.3, 0.4) is 0 Å². The maximum Gasteiger partial charge on any atom is 0.326 e. The summed E-state index contributed by atoms with van der Waals surface area (Å²) in [6.45, 7) is 1.71. The number of anilines is 1. The Morgan fingerprint density at radius 2 is 1.53 bits per heavy atom. The second-order valence-corrected chi connectivity index (χ2v) is 6.62. The van der Waals surface area contributed by atoms with E-state index < -0.39 is 29.1 Å². The van der Waals surface area contributed by atoms with Crippen LogP contribution in [0.1, 0.15) is 15.9 Å². The van der Waals surface area contributed by atoms with Crippen molar-refractivity contribution in [2.45, 2.75) is 6.92 Å². The van der Waals surface area contributed by atoms with Gasteiger partial charge in [-0.3, -0.25) is 10.1 Å². The summed E-state index contributed by atoms with van der Waals surface area (Å²) in [6.07, 6.45) is 0. The zero-order valence-electron chi connectivity index (χ0n) is 15.6. The van der Waals surface area contributed by atoms with Crippen molar-refractivity contribution in [3.8, 4) is 0 Å². The molecule has 0 aliphatic carbocycles. The van der Waals surface area contributed by atoms with Crippen LogP contribution >= 0.6 is 11.6 Å². The Hall–Kier alpha value is -3.65. The van der Waals surface area contributed by atoms with E-state index in [0.29, 0.717) is 27.6 Å². The van der Waals surface area contributed by atoms with Gasteiger partial charge in [-0.1, -0.05) is 23.7 Å². The van der Waals surface area contributed by atoms with Crippen molar-refractivity contribution in [2.24, 2.45) is 10.2 Å². The lowest BCUT2D eigenvalue weighted by molar-refractivity contribution is 0.0959.